The molecule has 1 aromatic carbocycles. The van der Waals surface area contributed by atoms with Gasteiger partial charge in [0, 0.05) is 5.56 Å². The topological polar surface area (TPSA) is 44.6 Å². The van der Waals surface area contributed by atoms with Crippen LogP contribution in [0.2, 0.25) is 0 Å². The Morgan fingerprint density at radius 3 is 2.50 bits per heavy atom. The van der Waals surface area contributed by atoms with Crippen LogP contribution in [-0.2, 0) is 11.4 Å². The van der Waals surface area contributed by atoms with Crippen LogP contribution in [0.5, 0.6) is 0 Å². The minimum Gasteiger partial charge on any atom is -0.409 e. The molecule has 0 unspecified atom stereocenters. The molecule has 0 saturated carbocycles. The van der Waals surface area contributed by atoms with Crippen LogP contribution >= 0.6 is 12.2 Å². The Morgan fingerprint density at radius 2 is 1.86 bits per heavy atom. The zero-order chi connectivity index (χ0) is 15.7. The number of ether oxygens (including phenoxy) is 1. The van der Waals surface area contributed by atoms with E-state index >= 15 is 0 Å². The van der Waals surface area contributed by atoms with E-state index in [0.717, 1.165) is 18.7 Å². The Labute approximate surface area is 135 Å². The summed E-state index contributed by atoms with van der Waals surface area (Å²) in [6.45, 7) is 8.90. The number of nitrogens with zero attached hydrogens (tertiary/aromatic N) is 2. The van der Waals surface area contributed by atoms with E-state index in [-0.39, 0.29) is 12.2 Å². The van der Waals surface area contributed by atoms with E-state index < -0.39 is 0 Å². The van der Waals surface area contributed by atoms with Gasteiger partial charge in [0.15, 0.2) is 6.67 Å². The van der Waals surface area contributed by atoms with Crippen molar-refractivity contribution >= 4 is 12.2 Å². The summed E-state index contributed by atoms with van der Waals surface area (Å²) in [5, 5.41) is 4.54. The number of benzene rings is 1. The number of rotatable bonds is 3. The van der Waals surface area contributed by atoms with E-state index in [9.17, 15) is 0 Å². The molecule has 1 aliphatic heterocycles. The van der Waals surface area contributed by atoms with Crippen LogP contribution in [0.25, 0.3) is 11.5 Å². The molecule has 6 heteroatoms. The van der Waals surface area contributed by atoms with Gasteiger partial charge >= 0.3 is 0 Å². The Morgan fingerprint density at radius 1 is 1.23 bits per heavy atom. The molecule has 1 aromatic heterocycles. The van der Waals surface area contributed by atoms with Crippen molar-refractivity contribution in [2.75, 3.05) is 13.1 Å². The van der Waals surface area contributed by atoms with Crippen LogP contribution in [0.4, 0.5) is 0 Å². The first kappa shape index (κ1) is 15.4. The van der Waals surface area contributed by atoms with Crippen molar-refractivity contribution in [1.29, 1.82) is 0 Å². The lowest BCUT2D eigenvalue weighted by atomic mass is 10.1. The van der Waals surface area contributed by atoms with Gasteiger partial charge in [-0.15, -0.1) is 5.10 Å². The molecule has 22 heavy (non-hydrogen) atoms. The molecule has 2 atom stereocenters. The van der Waals surface area contributed by atoms with Gasteiger partial charge in [0.25, 0.3) is 4.84 Å². The fraction of sp³-hybridized carbons (Fsp3) is 0.500. The normalized spacial score (nSPS) is 25.3. The van der Waals surface area contributed by atoms with Gasteiger partial charge in [0.1, 0.15) is 25.3 Å². The molecule has 0 aliphatic carbocycles. The molecule has 1 aliphatic rings. The van der Waals surface area contributed by atoms with Gasteiger partial charge in [0.2, 0.25) is 5.89 Å². The predicted octanol–water partition coefficient (Wildman–Crippen LogP) is 1.83. The summed E-state index contributed by atoms with van der Waals surface area (Å²) in [5.74, 6) is 0.582. The minimum atomic E-state index is 0.261. The number of hydrogen-bond acceptors (Lipinski definition) is 4. The van der Waals surface area contributed by atoms with Crippen LogP contribution in [0, 0.1) is 11.8 Å². The maximum absolute atomic E-state index is 5.77. The largest absolute Gasteiger partial charge is 0.409 e. The molecule has 0 bridgehead atoms. The van der Waals surface area contributed by atoms with E-state index in [2.05, 4.69) is 25.9 Å². The maximum Gasteiger partial charge on any atom is 0.292 e. The summed E-state index contributed by atoms with van der Waals surface area (Å²) >= 11 is 5.32. The van der Waals surface area contributed by atoms with E-state index in [0.29, 0.717) is 17.4 Å². The first-order valence-corrected chi connectivity index (χ1v) is 8.06. The third-order valence-electron chi connectivity index (χ3n) is 3.90. The minimum absolute atomic E-state index is 0.261. The highest BCUT2D eigenvalue weighted by Gasteiger charge is 2.26. The number of quaternary nitrogens is 1. The maximum atomic E-state index is 5.77. The lowest BCUT2D eigenvalue weighted by Crippen LogP contribution is -3.14. The Bertz CT molecular complexity index is 682. The van der Waals surface area contributed by atoms with E-state index in [4.69, 9.17) is 21.4 Å². The van der Waals surface area contributed by atoms with Gasteiger partial charge in [-0.25, -0.2) is 0 Å². The zero-order valence-corrected chi connectivity index (χ0v) is 14.0. The number of hydrogen-bond donors (Lipinski definition) is 1. The van der Waals surface area contributed by atoms with Crippen molar-refractivity contribution in [3.63, 3.8) is 0 Å². The van der Waals surface area contributed by atoms with Crippen LogP contribution in [-0.4, -0.2) is 35.1 Å². The van der Waals surface area contributed by atoms with Crippen molar-refractivity contribution in [2.24, 2.45) is 0 Å². The number of nitrogens with one attached hydrogen (secondary N) is 1. The monoisotopic (exact) mass is 320 g/mol. The molecule has 1 fully saturated rings. The highest BCUT2D eigenvalue weighted by Crippen LogP contribution is 2.17. The Hall–Kier alpha value is -1.50. The summed E-state index contributed by atoms with van der Waals surface area (Å²) in [6, 6.07) is 8.10. The average Bonchev–Trinajstić information content (AvgIpc) is 2.80. The van der Waals surface area contributed by atoms with Gasteiger partial charge < -0.3 is 14.1 Å². The predicted molar refractivity (Wildman–Crippen MR) is 86.2 cm³/mol. The quantitative estimate of drug-likeness (QED) is 0.877. The van der Waals surface area contributed by atoms with Gasteiger partial charge in [-0.05, 0) is 45.1 Å². The summed E-state index contributed by atoms with van der Waals surface area (Å²) < 4.78 is 13.2. The lowest BCUT2D eigenvalue weighted by molar-refractivity contribution is -0.937. The first-order valence-electron chi connectivity index (χ1n) is 7.65. The molecule has 1 saturated heterocycles. The summed E-state index contributed by atoms with van der Waals surface area (Å²) in [7, 11) is 0. The molecule has 118 valence electrons. The summed E-state index contributed by atoms with van der Waals surface area (Å²) in [4.78, 5) is 1.83. The van der Waals surface area contributed by atoms with Crippen LogP contribution < -0.4 is 4.90 Å². The SMILES string of the molecule is Cc1ccc(-c2nn(C[NH+]3C[C@H](C)O[C@@H](C)C3)c(=S)o2)cc1. The molecule has 5 nitrogen and oxygen atoms in total. The number of aryl methyl sites for hydroxylation is 1. The van der Waals surface area contributed by atoms with Crippen molar-refractivity contribution in [3.05, 3.63) is 34.7 Å². The van der Waals surface area contributed by atoms with Crippen molar-refractivity contribution < 1.29 is 14.1 Å². The number of aromatic nitrogens is 2. The van der Waals surface area contributed by atoms with Crippen molar-refractivity contribution in [1.82, 2.24) is 9.78 Å². The highest BCUT2D eigenvalue weighted by atomic mass is 32.1. The van der Waals surface area contributed by atoms with Gasteiger partial charge in [-0.3, -0.25) is 0 Å². The molecular formula is C16H22N3O2S+. The third kappa shape index (κ3) is 3.45. The van der Waals surface area contributed by atoms with Crippen molar-refractivity contribution in [3.8, 4) is 11.5 Å². The zero-order valence-electron chi connectivity index (χ0n) is 13.2. The molecule has 0 spiro atoms. The fourth-order valence-electron chi connectivity index (χ4n) is 2.95. The van der Waals surface area contributed by atoms with Crippen LogP contribution in [0.1, 0.15) is 19.4 Å². The Kier molecular flexibility index (Phi) is 4.42. The molecular weight excluding hydrogens is 298 g/mol. The Balaban J connectivity index is 1.78. The van der Waals surface area contributed by atoms with Gasteiger partial charge in [0.05, 0.1) is 0 Å². The van der Waals surface area contributed by atoms with Crippen LogP contribution in [0.15, 0.2) is 28.7 Å². The van der Waals surface area contributed by atoms with E-state index in [1.165, 1.54) is 10.5 Å². The van der Waals surface area contributed by atoms with Gasteiger partial charge in [-0.2, -0.15) is 4.68 Å². The summed E-state index contributed by atoms with van der Waals surface area (Å²) in [5.41, 5.74) is 2.16. The second kappa shape index (κ2) is 6.32. The molecule has 1 N–H and O–H groups in total. The van der Waals surface area contributed by atoms with E-state index in [1.54, 1.807) is 4.68 Å². The van der Waals surface area contributed by atoms with E-state index in [1.807, 2.05) is 24.3 Å². The fourth-order valence-corrected chi connectivity index (χ4v) is 3.13. The lowest BCUT2D eigenvalue weighted by Gasteiger charge is -2.31. The highest BCUT2D eigenvalue weighted by molar-refractivity contribution is 7.71. The molecule has 3 rings (SSSR count). The second-order valence-electron chi connectivity index (χ2n) is 6.11. The van der Waals surface area contributed by atoms with Crippen LogP contribution in [0.3, 0.4) is 0 Å². The molecule has 2 heterocycles. The molecule has 0 radical (unpaired) electrons. The third-order valence-corrected chi connectivity index (χ3v) is 4.19. The standard InChI is InChI=1S/C16H21N3O2S/c1-11-4-6-14(7-5-11)15-17-19(16(22)21-15)10-18-8-12(2)20-13(3)9-18/h4-7,12-13H,8-10H2,1-3H3/p+1/t12-,13-/m0/s1. The average molecular weight is 320 g/mol. The second-order valence-corrected chi connectivity index (χ2v) is 6.46. The molecule has 0 amide bonds. The number of morpholine rings is 1. The summed E-state index contributed by atoms with van der Waals surface area (Å²) in [6.07, 6.45) is 0.521. The first-order chi connectivity index (χ1) is 10.5. The van der Waals surface area contributed by atoms with Crippen molar-refractivity contribution in [2.45, 2.75) is 39.6 Å². The molecule has 2 aromatic rings. The smallest absolute Gasteiger partial charge is 0.292 e. The van der Waals surface area contributed by atoms with Gasteiger partial charge in [-0.1, -0.05) is 17.7 Å².